The van der Waals surface area contributed by atoms with Gasteiger partial charge in [0.15, 0.2) is 0 Å². The Morgan fingerprint density at radius 3 is 2.52 bits per heavy atom. The summed E-state index contributed by atoms with van der Waals surface area (Å²) in [5, 5.41) is 2.99. The monoisotopic (exact) mass is 371 g/mol. The maximum Gasteiger partial charge on any atom is 0.250 e. The molecule has 0 saturated carbocycles. The second-order valence-corrected chi connectivity index (χ2v) is 7.02. The van der Waals surface area contributed by atoms with Gasteiger partial charge in [0.25, 0.3) is 5.56 Å². The molecular formula is C21H26FN3O2. The van der Waals surface area contributed by atoms with Gasteiger partial charge < -0.3 is 9.88 Å². The zero-order chi connectivity index (χ0) is 19.2. The lowest BCUT2D eigenvalue weighted by molar-refractivity contribution is -0.121. The van der Waals surface area contributed by atoms with E-state index in [1.54, 1.807) is 22.8 Å². The average molecular weight is 371 g/mol. The highest BCUT2D eigenvalue weighted by Gasteiger charge is 2.24. The predicted octanol–water partition coefficient (Wildman–Crippen LogP) is 2.64. The highest BCUT2D eigenvalue weighted by molar-refractivity contribution is 5.75. The summed E-state index contributed by atoms with van der Waals surface area (Å²) in [6.45, 7) is 4.67. The van der Waals surface area contributed by atoms with E-state index < -0.39 is 0 Å². The highest BCUT2D eigenvalue weighted by atomic mass is 19.1. The molecule has 1 aromatic heterocycles. The van der Waals surface area contributed by atoms with Crippen LogP contribution in [0.2, 0.25) is 0 Å². The van der Waals surface area contributed by atoms with Gasteiger partial charge in [-0.2, -0.15) is 0 Å². The molecule has 0 spiro atoms. The Morgan fingerprint density at radius 1 is 1.15 bits per heavy atom. The van der Waals surface area contributed by atoms with E-state index in [0.29, 0.717) is 13.1 Å². The zero-order valence-electron chi connectivity index (χ0n) is 15.7. The van der Waals surface area contributed by atoms with Crippen LogP contribution in [0.4, 0.5) is 4.39 Å². The van der Waals surface area contributed by atoms with Gasteiger partial charge in [0.2, 0.25) is 5.91 Å². The number of nitrogens with zero attached hydrogens (tertiary/aromatic N) is 2. The first-order valence-electron chi connectivity index (χ1n) is 9.47. The minimum Gasteiger partial charge on any atom is -0.354 e. The van der Waals surface area contributed by atoms with Crippen molar-refractivity contribution in [2.24, 2.45) is 0 Å². The number of amides is 1. The smallest absolute Gasteiger partial charge is 0.250 e. The number of carbonyl (C=O) groups excluding carboxylic acids is 1. The van der Waals surface area contributed by atoms with Crippen molar-refractivity contribution < 1.29 is 9.18 Å². The molecule has 0 bridgehead atoms. The molecule has 2 aromatic rings. The summed E-state index contributed by atoms with van der Waals surface area (Å²) in [7, 11) is 0. The molecule has 1 aromatic carbocycles. The number of benzene rings is 1. The minimum absolute atomic E-state index is 0.0400. The van der Waals surface area contributed by atoms with Gasteiger partial charge in [-0.25, -0.2) is 4.39 Å². The van der Waals surface area contributed by atoms with Crippen LogP contribution < -0.4 is 10.9 Å². The summed E-state index contributed by atoms with van der Waals surface area (Å²) in [6.07, 6.45) is 2.53. The van der Waals surface area contributed by atoms with Gasteiger partial charge in [0.05, 0.1) is 6.04 Å². The minimum atomic E-state index is -0.258. The van der Waals surface area contributed by atoms with E-state index >= 15 is 0 Å². The van der Waals surface area contributed by atoms with Crippen molar-refractivity contribution in [3.8, 4) is 0 Å². The molecule has 6 heteroatoms. The number of carbonyl (C=O) groups is 1. The highest BCUT2D eigenvalue weighted by Crippen LogP contribution is 2.24. The Morgan fingerprint density at radius 2 is 1.85 bits per heavy atom. The second kappa shape index (κ2) is 8.95. The Labute approximate surface area is 158 Å². The van der Waals surface area contributed by atoms with Gasteiger partial charge in [-0.1, -0.05) is 18.2 Å². The van der Waals surface area contributed by atoms with Gasteiger partial charge in [0.1, 0.15) is 5.82 Å². The summed E-state index contributed by atoms with van der Waals surface area (Å²) in [5.74, 6) is -0.344. The van der Waals surface area contributed by atoms with E-state index in [1.165, 1.54) is 18.2 Å². The molecule has 144 valence electrons. The fourth-order valence-corrected chi connectivity index (χ4v) is 3.62. The van der Waals surface area contributed by atoms with Crippen molar-refractivity contribution in [1.29, 1.82) is 0 Å². The van der Waals surface area contributed by atoms with Crippen LogP contribution in [0.3, 0.4) is 0 Å². The first kappa shape index (κ1) is 19.3. The number of aromatic nitrogens is 1. The van der Waals surface area contributed by atoms with Gasteiger partial charge in [0, 0.05) is 31.3 Å². The zero-order valence-corrected chi connectivity index (χ0v) is 15.7. The largest absolute Gasteiger partial charge is 0.354 e. The van der Waals surface area contributed by atoms with Crippen molar-refractivity contribution >= 4 is 5.91 Å². The first-order valence-corrected chi connectivity index (χ1v) is 9.47. The molecule has 1 saturated heterocycles. The van der Waals surface area contributed by atoms with Crippen LogP contribution in [0.1, 0.15) is 36.6 Å². The maximum atomic E-state index is 13.3. The van der Waals surface area contributed by atoms with Gasteiger partial charge >= 0.3 is 0 Å². The van der Waals surface area contributed by atoms with E-state index in [4.69, 9.17) is 0 Å². The Hall–Kier alpha value is -2.47. The summed E-state index contributed by atoms with van der Waals surface area (Å²) in [5.41, 5.74) is 1.76. The van der Waals surface area contributed by atoms with Gasteiger partial charge in [-0.05, 0) is 56.6 Å². The standard InChI is InChI=1S/C21H26FN3O2/c1-16-5-4-6-21(27)25(16)14-11-20(26)23-15-19(24-12-2-3-13-24)17-7-9-18(22)10-8-17/h4-10,19H,2-3,11-15H2,1H3,(H,23,26). The lowest BCUT2D eigenvalue weighted by Gasteiger charge is -2.28. The maximum absolute atomic E-state index is 13.3. The van der Waals surface area contributed by atoms with E-state index in [1.807, 2.05) is 13.0 Å². The third-order valence-corrected chi connectivity index (χ3v) is 5.16. The Balaban J connectivity index is 1.60. The molecule has 3 rings (SSSR count). The molecule has 1 atom stereocenters. The number of aryl methyl sites for hydroxylation is 1. The molecule has 1 N–H and O–H groups in total. The summed E-state index contributed by atoms with van der Waals surface area (Å²) < 4.78 is 14.9. The first-order chi connectivity index (χ1) is 13.0. The molecule has 2 heterocycles. The molecule has 27 heavy (non-hydrogen) atoms. The molecule has 1 aliphatic rings. The van der Waals surface area contributed by atoms with Crippen LogP contribution in [0.5, 0.6) is 0 Å². The summed E-state index contributed by atoms with van der Waals surface area (Å²) in [6, 6.07) is 11.6. The number of rotatable bonds is 7. The lowest BCUT2D eigenvalue weighted by Crippen LogP contribution is -2.37. The second-order valence-electron chi connectivity index (χ2n) is 7.02. The van der Waals surface area contributed by atoms with E-state index in [2.05, 4.69) is 10.2 Å². The van der Waals surface area contributed by atoms with Crippen LogP contribution in [0.25, 0.3) is 0 Å². The van der Waals surface area contributed by atoms with E-state index in [0.717, 1.165) is 37.2 Å². The molecule has 0 aliphatic carbocycles. The molecule has 1 fully saturated rings. The van der Waals surface area contributed by atoms with Crippen molar-refractivity contribution in [2.45, 2.75) is 38.8 Å². The molecule has 1 amide bonds. The number of halogens is 1. The Bertz CT molecular complexity index is 826. The van der Waals surface area contributed by atoms with Crippen LogP contribution in [0.15, 0.2) is 47.3 Å². The van der Waals surface area contributed by atoms with Crippen molar-refractivity contribution in [3.05, 3.63) is 69.9 Å². The fourth-order valence-electron chi connectivity index (χ4n) is 3.62. The number of nitrogens with one attached hydrogen (secondary N) is 1. The number of hydrogen-bond acceptors (Lipinski definition) is 3. The fraction of sp³-hybridized carbons (Fsp3) is 0.429. The number of likely N-dealkylation sites (tertiary alicyclic amines) is 1. The molecule has 1 unspecified atom stereocenters. The van der Waals surface area contributed by atoms with Crippen LogP contribution in [-0.4, -0.2) is 35.0 Å². The number of hydrogen-bond donors (Lipinski definition) is 1. The topological polar surface area (TPSA) is 54.3 Å². The van der Waals surface area contributed by atoms with Gasteiger partial charge in [-0.3, -0.25) is 14.5 Å². The van der Waals surface area contributed by atoms with Crippen molar-refractivity contribution in [1.82, 2.24) is 14.8 Å². The van der Waals surface area contributed by atoms with E-state index in [-0.39, 0.29) is 29.7 Å². The Kier molecular flexibility index (Phi) is 6.40. The molecule has 0 radical (unpaired) electrons. The van der Waals surface area contributed by atoms with E-state index in [9.17, 15) is 14.0 Å². The average Bonchev–Trinajstić information content (AvgIpc) is 3.17. The molecule has 5 nitrogen and oxygen atoms in total. The summed E-state index contributed by atoms with van der Waals surface area (Å²) in [4.78, 5) is 26.6. The van der Waals surface area contributed by atoms with Gasteiger partial charge in [-0.15, -0.1) is 0 Å². The van der Waals surface area contributed by atoms with Crippen molar-refractivity contribution in [3.63, 3.8) is 0 Å². The molecular weight excluding hydrogens is 345 g/mol. The third-order valence-electron chi connectivity index (χ3n) is 5.16. The lowest BCUT2D eigenvalue weighted by atomic mass is 10.1. The van der Waals surface area contributed by atoms with Crippen LogP contribution in [-0.2, 0) is 11.3 Å². The number of pyridine rings is 1. The molecule has 1 aliphatic heterocycles. The normalized spacial score (nSPS) is 15.6. The summed E-state index contributed by atoms with van der Waals surface area (Å²) >= 11 is 0. The third kappa shape index (κ3) is 5.04. The SMILES string of the molecule is Cc1cccc(=O)n1CCC(=O)NCC(c1ccc(F)cc1)N1CCCC1. The predicted molar refractivity (Wildman–Crippen MR) is 103 cm³/mol. The quantitative estimate of drug-likeness (QED) is 0.814. The van der Waals surface area contributed by atoms with Crippen LogP contribution in [0, 0.1) is 12.7 Å². The van der Waals surface area contributed by atoms with Crippen LogP contribution >= 0.6 is 0 Å². The van der Waals surface area contributed by atoms with Crippen molar-refractivity contribution in [2.75, 3.05) is 19.6 Å².